The third-order valence-corrected chi connectivity index (χ3v) is 3.91. The Morgan fingerprint density at radius 2 is 2.00 bits per heavy atom. The molecule has 0 aliphatic carbocycles. The molecule has 0 radical (unpaired) electrons. The first-order valence-corrected chi connectivity index (χ1v) is 7.96. The first-order valence-electron chi connectivity index (χ1n) is 7.96. The quantitative estimate of drug-likeness (QED) is 0.690. The van der Waals surface area contributed by atoms with Crippen LogP contribution in [0.1, 0.15) is 29.9 Å². The lowest BCUT2D eigenvalue weighted by Gasteiger charge is -2.12. The molecule has 1 amide bonds. The van der Waals surface area contributed by atoms with Crippen molar-refractivity contribution in [2.75, 3.05) is 0 Å². The predicted octanol–water partition coefficient (Wildman–Crippen LogP) is 2.00. The number of aromatic nitrogens is 3. The largest absolute Gasteiger partial charge is 0.346 e. The molecule has 27 heavy (non-hydrogen) atoms. The molecule has 0 bridgehead atoms. The molecular formula is C19H14F2N4O2. The fraction of sp³-hybridized carbons (Fsp3) is 0.158. The van der Waals surface area contributed by atoms with E-state index in [2.05, 4.69) is 26.2 Å². The number of carbonyl (C=O) groups excluding carboxylic acids is 1. The second-order valence-corrected chi connectivity index (χ2v) is 5.91. The van der Waals surface area contributed by atoms with Crippen molar-refractivity contribution in [3.8, 4) is 12.3 Å². The molecule has 0 aliphatic heterocycles. The van der Waals surface area contributed by atoms with Gasteiger partial charge in [0.15, 0.2) is 0 Å². The summed E-state index contributed by atoms with van der Waals surface area (Å²) in [5.74, 6) is 0.654. The number of fused-ring (bicyclic) bond motifs is 1. The molecule has 1 atom stereocenters. The highest BCUT2D eigenvalue weighted by atomic mass is 19.1. The van der Waals surface area contributed by atoms with Gasteiger partial charge in [-0.2, -0.15) is 0 Å². The minimum absolute atomic E-state index is 0.0250. The van der Waals surface area contributed by atoms with Crippen LogP contribution in [0.3, 0.4) is 0 Å². The molecule has 3 rings (SSSR count). The lowest BCUT2D eigenvalue weighted by Crippen LogP contribution is -2.31. The van der Waals surface area contributed by atoms with Crippen molar-refractivity contribution in [2.24, 2.45) is 0 Å². The van der Waals surface area contributed by atoms with E-state index in [1.807, 2.05) is 0 Å². The van der Waals surface area contributed by atoms with Crippen molar-refractivity contribution in [3.05, 3.63) is 69.5 Å². The number of aromatic amines is 1. The van der Waals surface area contributed by atoms with E-state index in [1.165, 1.54) is 18.5 Å². The average Bonchev–Trinajstić information content (AvgIpc) is 2.62. The number of carbonyl (C=O) groups is 1. The topological polar surface area (TPSA) is 87.7 Å². The summed E-state index contributed by atoms with van der Waals surface area (Å²) in [6, 6.07) is 2.45. The van der Waals surface area contributed by atoms with Crippen LogP contribution in [-0.4, -0.2) is 20.9 Å². The summed E-state index contributed by atoms with van der Waals surface area (Å²) in [5, 5.41) is 2.69. The Balaban J connectivity index is 1.78. The Morgan fingerprint density at radius 1 is 1.30 bits per heavy atom. The molecule has 2 heterocycles. The van der Waals surface area contributed by atoms with Crippen LogP contribution >= 0.6 is 0 Å². The monoisotopic (exact) mass is 368 g/mol. The van der Waals surface area contributed by atoms with Gasteiger partial charge in [0.1, 0.15) is 17.5 Å². The SMILES string of the molecule is C#Cc1cnc(C(C)NC(=O)Cc2cc3c(F)cc(F)cc3[nH]c2=O)nc1. The number of H-pyrrole nitrogens is 1. The number of rotatable bonds is 4. The van der Waals surface area contributed by atoms with Crippen LogP contribution in [0.25, 0.3) is 10.9 Å². The number of hydrogen-bond acceptors (Lipinski definition) is 4. The van der Waals surface area contributed by atoms with Gasteiger partial charge < -0.3 is 10.3 Å². The fourth-order valence-corrected chi connectivity index (χ4v) is 2.57. The van der Waals surface area contributed by atoms with Gasteiger partial charge in [-0.3, -0.25) is 9.59 Å². The Hall–Kier alpha value is -3.60. The van der Waals surface area contributed by atoms with Crippen LogP contribution < -0.4 is 10.9 Å². The Bertz CT molecular complexity index is 1120. The summed E-state index contributed by atoms with van der Waals surface area (Å²) in [6.45, 7) is 1.68. The number of nitrogens with one attached hydrogen (secondary N) is 2. The maximum Gasteiger partial charge on any atom is 0.252 e. The molecule has 1 aromatic carbocycles. The molecule has 6 nitrogen and oxygen atoms in total. The maximum atomic E-state index is 13.9. The van der Waals surface area contributed by atoms with Crippen molar-refractivity contribution in [1.29, 1.82) is 0 Å². The highest BCUT2D eigenvalue weighted by Crippen LogP contribution is 2.17. The molecule has 0 fully saturated rings. The molecule has 0 saturated carbocycles. The number of halogens is 2. The van der Waals surface area contributed by atoms with Gasteiger partial charge in [-0.1, -0.05) is 5.92 Å². The summed E-state index contributed by atoms with van der Waals surface area (Å²) < 4.78 is 27.1. The Morgan fingerprint density at radius 3 is 2.67 bits per heavy atom. The normalized spacial score (nSPS) is 11.8. The van der Waals surface area contributed by atoms with Crippen molar-refractivity contribution in [3.63, 3.8) is 0 Å². The Labute approximate surface area is 152 Å². The maximum absolute atomic E-state index is 13.9. The summed E-state index contributed by atoms with van der Waals surface area (Å²) in [6.07, 6.45) is 7.87. The van der Waals surface area contributed by atoms with Gasteiger partial charge in [0.25, 0.3) is 5.56 Å². The van der Waals surface area contributed by atoms with Crippen molar-refractivity contribution in [2.45, 2.75) is 19.4 Å². The molecular weight excluding hydrogens is 354 g/mol. The van der Waals surface area contributed by atoms with Gasteiger partial charge in [-0.05, 0) is 19.1 Å². The summed E-state index contributed by atoms with van der Waals surface area (Å²) in [4.78, 5) is 34.9. The van der Waals surface area contributed by atoms with E-state index in [-0.39, 0.29) is 22.9 Å². The lowest BCUT2D eigenvalue weighted by atomic mass is 10.1. The highest BCUT2D eigenvalue weighted by Gasteiger charge is 2.15. The summed E-state index contributed by atoms with van der Waals surface area (Å²) in [7, 11) is 0. The minimum atomic E-state index is -0.821. The molecule has 136 valence electrons. The molecule has 8 heteroatoms. The number of nitrogens with zero attached hydrogens (tertiary/aromatic N) is 2. The second-order valence-electron chi connectivity index (χ2n) is 5.91. The molecule has 2 N–H and O–H groups in total. The zero-order valence-electron chi connectivity index (χ0n) is 14.2. The van der Waals surface area contributed by atoms with E-state index in [0.29, 0.717) is 17.5 Å². The van der Waals surface area contributed by atoms with Crippen molar-refractivity contribution >= 4 is 16.8 Å². The lowest BCUT2D eigenvalue weighted by molar-refractivity contribution is -0.121. The zero-order chi connectivity index (χ0) is 19.6. The van der Waals surface area contributed by atoms with Crippen LogP contribution in [0.4, 0.5) is 8.78 Å². The van der Waals surface area contributed by atoms with Gasteiger partial charge in [0.05, 0.1) is 23.5 Å². The summed E-state index contributed by atoms with van der Waals surface area (Å²) >= 11 is 0. The third-order valence-electron chi connectivity index (χ3n) is 3.91. The van der Waals surface area contributed by atoms with Gasteiger partial charge in [-0.25, -0.2) is 18.7 Å². The van der Waals surface area contributed by atoms with E-state index in [1.54, 1.807) is 6.92 Å². The first kappa shape index (κ1) is 18.2. The van der Waals surface area contributed by atoms with E-state index in [9.17, 15) is 18.4 Å². The van der Waals surface area contributed by atoms with Gasteiger partial charge in [-0.15, -0.1) is 6.42 Å². The van der Waals surface area contributed by atoms with Gasteiger partial charge >= 0.3 is 0 Å². The van der Waals surface area contributed by atoms with Crippen molar-refractivity contribution in [1.82, 2.24) is 20.3 Å². The first-order chi connectivity index (χ1) is 12.9. The van der Waals surface area contributed by atoms with Gasteiger partial charge in [0.2, 0.25) is 5.91 Å². The number of amides is 1. The molecule has 3 aromatic rings. The third kappa shape index (κ3) is 3.98. The molecule has 0 spiro atoms. The van der Waals surface area contributed by atoms with E-state index in [4.69, 9.17) is 6.42 Å². The number of pyridine rings is 1. The summed E-state index contributed by atoms with van der Waals surface area (Å²) in [5.41, 5.74) is 0.00157. The van der Waals surface area contributed by atoms with Crippen LogP contribution in [0.2, 0.25) is 0 Å². The zero-order valence-corrected chi connectivity index (χ0v) is 14.2. The molecule has 0 saturated heterocycles. The van der Waals surface area contributed by atoms with E-state index in [0.717, 1.165) is 6.07 Å². The van der Waals surface area contributed by atoms with Crippen molar-refractivity contribution < 1.29 is 13.6 Å². The van der Waals surface area contributed by atoms with Crippen LogP contribution in [0, 0.1) is 24.0 Å². The van der Waals surface area contributed by atoms with Crippen LogP contribution in [0.15, 0.2) is 35.4 Å². The fourth-order valence-electron chi connectivity index (χ4n) is 2.57. The molecule has 2 aromatic heterocycles. The molecule has 1 unspecified atom stereocenters. The van der Waals surface area contributed by atoms with Gasteiger partial charge in [0, 0.05) is 29.4 Å². The number of benzene rings is 1. The average molecular weight is 368 g/mol. The van der Waals surface area contributed by atoms with Crippen LogP contribution in [0.5, 0.6) is 0 Å². The predicted molar refractivity (Wildman–Crippen MR) is 94.7 cm³/mol. The second kappa shape index (κ2) is 7.33. The number of hydrogen-bond donors (Lipinski definition) is 2. The minimum Gasteiger partial charge on any atom is -0.346 e. The number of terminal acetylenes is 1. The van der Waals surface area contributed by atoms with E-state index < -0.39 is 29.1 Å². The van der Waals surface area contributed by atoms with Crippen LogP contribution in [-0.2, 0) is 11.2 Å². The highest BCUT2D eigenvalue weighted by molar-refractivity contribution is 5.83. The van der Waals surface area contributed by atoms with E-state index >= 15 is 0 Å². The standard InChI is InChI=1S/C19H14F2N4O2/c1-3-11-8-22-18(23-9-11)10(2)24-17(26)5-12-4-14-15(21)6-13(20)7-16(14)25-19(12)27/h1,4,6-10H,5H2,2H3,(H,24,26)(H,25,27). The molecule has 0 aliphatic rings. The Kier molecular flexibility index (Phi) is 4.94. The smallest absolute Gasteiger partial charge is 0.252 e.